The molecule has 0 spiro atoms. The molecule has 0 unspecified atom stereocenters. The van der Waals surface area contributed by atoms with Crippen molar-refractivity contribution in [1.82, 2.24) is 15.1 Å². The summed E-state index contributed by atoms with van der Waals surface area (Å²) in [5, 5.41) is 4.75. The SMILES string of the molecule is CNCC(=O)N1CCN(C(=O)c2cccs2)CC1.Cl. The molecule has 0 saturated carbocycles. The molecule has 1 aliphatic rings. The number of carbonyl (C=O) groups is 2. The van der Waals surface area contributed by atoms with E-state index in [1.807, 2.05) is 22.4 Å². The molecular formula is C12H18ClN3O2S. The average Bonchev–Trinajstić information content (AvgIpc) is 2.92. The summed E-state index contributed by atoms with van der Waals surface area (Å²) in [6.45, 7) is 2.84. The molecule has 0 aliphatic carbocycles. The van der Waals surface area contributed by atoms with E-state index in [-0.39, 0.29) is 24.2 Å². The molecule has 2 heterocycles. The Hall–Kier alpha value is -1.11. The summed E-state index contributed by atoms with van der Waals surface area (Å²) in [5.74, 6) is 0.173. The first-order valence-corrected chi connectivity index (χ1v) is 6.85. The number of amides is 2. The van der Waals surface area contributed by atoms with Crippen molar-refractivity contribution in [2.24, 2.45) is 0 Å². The van der Waals surface area contributed by atoms with Gasteiger partial charge in [-0.1, -0.05) is 6.07 Å². The van der Waals surface area contributed by atoms with Gasteiger partial charge in [-0.05, 0) is 18.5 Å². The van der Waals surface area contributed by atoms with E-state index >= 15 is 0 Å². The first-order chi connectivity index (χ1) is 8.72. The van der Waals surface area contributed by atoms with E-state index in [4.69, 9.17) is 0 Å². The molecule has 1 aromatic rings. The smallest absolute Gasteiger partial charge is 0.264 e. The molecule has 0 atom stereocenters. The molecule has 0 aromatic carbocycles. The van der Waals surface area contributed by atoms with Crippen LogP contribution in [0.2, 0.25) is 0 Å². The van der Waals surface area contributed by atoms with Crippen LogP contribution < -0.4 is 5.32 Å². The van der Waals surface area contributed by atoms with E-state index in [1.165, 1.54) is 11.3 Å². The van der Waals surface area contributed by atoms with Crippen molar-refractivity contribution >= 4 is 35.6 Å². The Labute approximate surface area is 123 Å². The third-order valence-corrected chi connectivity index (χ3v) is 3.84. The molecular weight excluding hydrogens is 286 g/mol. The third-order valence-electron chi connectivity index (χ3n) is 2.98. The molecule has 106 valence electrons. The highest BCUT2D eigenvalue weighted by molar-refractivity contribution is 7.12. The quantitative estimate of drug-likeness (QED) is 0.893. The normalized spacial score (nSPS) is 15.0. The number of halogens is 1. The molecule has 1 fully saturated rings. The third kappa shape index (κ3) is 3.92. The summed E-state index contributed by atoms with van der Waals surface area (Å²) in [6.07, 6.45) is 0. The fourth-order valence-electron chi connectivity index (χ4n) is 1.98. The zero-order valence-corrected chi connectivity index (χ0v) is 12.4. The van der Waals surface area contributed by atoms with Crippen LogP contribution in [0.25, 0.3) is 0 Å². The van der Waals surface area contributed by atoms with Crippen LogP contribution in [0.4, 0.5) is 0 Å². The predicted molar refractivity (Wildman–Crippen MR) is 78.0 cm³/mol. The number of hydrogen-bond donors (Lipinski definition) is 1. The summed E-state index contributed by atoms with van der Waals surface area (Å²) in [4.78, 5) is 28.1. The zero-order chi connectivity index (χ0) is 13.0. The Morgan fingerprint density at radius 2 is 1.89 bits per heavy atom. The van der Waals surface area contributed by atoms with Crippen molar-refractivity contribution in [2.45, 2.75) is 0 Å². The molecule has 1 saturated heterocycles. The number of likely N-dealkylation sites (N-methyl/N-ethyl adjacent to an activating group) is 1. The minimum Gasteiger partial charge on any atom is -0.338 e. The lowest BCUT2D eigenvalue weighted by Crippen LogP contribution is -2.52. The van der Waals surface area contributed by atoms with E-state index in [0.717, 1.165) is 4.88 Å². The predicted octanol–water partition coefficient (Wildman–Crippen LogP) is 0.674. The molecule has 2 amide bonds. The number of thiophene rings is 1. The van der Waals surface area contributed by atoms with Gasteiger partial charge in [0.2, 0.25) is 5.91 Å². The van der Waals surface area contributed by atoms with Gasteiger partial charge in [-0.3, -0.25) is 9.59 Å². The van der Waals surface area contributed by atoms with Gasteiger partial charge in [0.05, 0.1) is 11.4 Å². The first-order valence-electron chi connectivity index (χ1n) is 5.97. The van der Waals surface area contributed by atoms with Gasteiger partial charge in [0.15, 0.2) is 0 Å². The van der Waals surface area contributed by atoms with Gasteiger partial charge in [-0.2, -0.15) is 0 Å². The van der Waals surface area contributed by atoms with Gasteiger partial charge in [0.25, 0.3) is 5.91 Å². The van der Waals surface area contributed by atoms with Crippen LogP contribution in [0.15, 0.2) is 17.5 Å². The highest BCUT2D eigenvalue weighted by Crippen LogP contribution is 2.13. The van der Waals surface area contributed by atoms with Gasteiger partial charge in [-0.15, -0.1) is 23.7 Å². The minimum atomic E-state index is 0. The summed E-state index contributed by atoms with van der Waals surface area (Å²) in [7, 11) is 1.76. The van der Waals surface area contributed by atoms with Gasteiger partial charge in [0, 0.05) is 26.2 Å². The summed E-state index contributed by atoms with van der Waals surface area (Å²) in [6, 6.07) is 3.72. The summed E-state index contributed by atoms with van der Waals surface area (Å²) in [5.41, 5.74) is 0. The Morgan fingerprint density at radius 1 is 1.26 bits per heavy atom. The number of rotatable bonds is 3. The molecule has 1 aliphatic heterocycles. The molecule has 1 N–H and O–H groups in total. The number of carbonyl (C=O) groups excluding carboxylic acids is 2. The van der Waals surface area contributed by atoms with E-state index in [9.17, 15) is 9.59 Å². The van der Waals surface area contributed by atoms with Crippen LogP contribution in [0.1, 0.15) is 9.67 Å². The van der Waals surface area contributed by atoms with E-state index < -0.39 is 0 Å². The molecule has 5 nitrogen and oxygen atoms in total. The van der Waals surface area contributed by atoms with E-state index in [0.29, 0.717) is 32.7 Å². The second kappa shape index (κ2) is 7.47. The first kappa shape index (κ1) is 15.9. The fraction of sp³-hybridized carbons (Fsp3) is 0.500. The van der Waals surface area contributed by atoms with Crippen LogP contribution >= 0.6 is 23.7 Å². The summed E-state index contributed by atoms with van der Waals surface area (Å²) < 4.78 is 0. The van der Waals surface area contributed by atoms with Crippen molar-refractivity contribution < 1.29 is 9.59 Å². The summed E-state index contributed by atoms with van der Waals surface area (Å²) >= 11 is 1.46. The lowest BCUT2D eigenvalue weighted by atomic mass is 10.3. The monoisotopic (exact) mass is 303 g/mol. The fourth-order valence-corrected chi connectivity index (χ4v) is 2.67. The standard InChI is InChI=1S/C12H17N3O2S.ClH/c1-13-9-11(16)14-4-6-15(7-5-14)12(17)10-3-2-8-18-10;/h2-3,8,13H,4-7,9H2,1H3;1H. The van der Waals surface area contributed by atoms with Gasteiger partial charge < -0.3 is 15.1 Å². The maximum Gasteiger partial charge on any atom is 0.264 e. The molecule has 2 rings (SSSR count). The lowest BCUT2D eigenvalue weighted by molar-refractivity contribution is -0.131. The second-order valence-corrected chi connectivity index (χ2v) is 5.13. The van der Waals surface area contributed by atoms with E-state index in [2.05, 4.69) is 5.32 Å². The highest BCUT2D eigenvalue weighted by atomic mass is 35.5. The van der Waals surface area contributed by atoms with E-state index in [1.54, 1.807) is 11.9 Å². The maximum absolute atomic E-state index is 12.1. The van der Waals surface area contributed by atoms with Crippen molar-refractivity contribution in [1.29, 1.82) is 0 Å². The molecule has 7 heteroatoms. The maximum atomic E-state index is 12.1. The number of nitrogens with zero attached hydrogens (tertiary/aromatic N) is 2. The highest BCUT2D eigenvalue weighted by Gasteiger charge is 2.24. The molecule has 0 bridgehead atoms. The molecule has 1 aromatic heterocycles. The van der Waals surface area contributed by atoms with Crippen LogP contribution in [-0.4, -0.2) is 61.4 Å². The Balaban J connectivity index is 0.00000180. The van der Waals surface area contributed by atoms with Gasteiger partial charge in [0.1, 0.15) is 0 Å². The number of hydrogen-bond acceptors (Lipinski definition) is 4. The average molecular weight is 304 g/mol. The van der Waals surface area contributed by atoms with Crippen LogP contribution in [0.3, 0.4) is 0 Å². The number of nitrogens with one attached hydrogen (secondary N) is 1. The van der Waals surface area contributed by atoms with Crippen molar-refractivity contribution in [3.8, 4) is 0 Å². The molecule has 19 heavy (non-hydrogen) atoms. The number of piperazine rings is 1. The van der Waals surface area contributed by atoms with Crippen molar-refractivity contribution in [2.75, 3.05) is 39.8 Å². The topological polar surface area (TPSA) is 52.7 Å². The lowest BCUT2D eigenvalue weighted by Gasteiger charge is -2.34. The Kier molecular flexibility index (Phi) is 6.27. The minimum absolute atomic E-state index is 0. The van der Waals surface area contributed by atoms with Gasteiger partial charge >= 0.3 is 0 Å². The Morgan fingerprint density at radius 3 is 2.42 bits per heavy atom. The van der Waals surface area contributed by atoms with Crippen LogP contribution in [0.5, 0.6) is 0 Å². The van der Waals surface area contributed by atoms with Gasteiger partial charge in [-0.25, -0.2) is 0 Å². The van der Waals surface area contributed by atoms with Crippen molar-refractivity contribution in [3.63, 3.8) is 0 Å². The van der Waals surface area contributed by atoms with Crippen LogP contribution in [0, 0.1) is 0 Å². The Bertz CT molecular complexity index is 417. The zero-order valence-electron chi connectivity index (χ0n) is 10.8. The largest absolute Gasteiger partial charge is 0.338 e. The van der Waals surface area contributed by atoms with Crippen LogP contribution in [-0.2, 0) is 4.79 Å². The van der Waals surface area contributed by atoms with Crippen molar-refractivity contribution in [3.05, 3.63) is 22.4 Å². The molecule has 0 radical (unpaired) electrons. The second-order valence-electron chi connectivity index (χ2n) is 4.18.